The van der Waals surface area contributed by atoms with Gasteiger partial charge in [0.2, 0.25) is 0 Å². The van der Waals surface area contributed by atoms with Crippen LogP contribution in [0.1, 0.15) is 58.9 Å². The number of carbonyl (C=O) groups excluding carboxylic acids is 4. The van der Waals surface area contributed by atoms with E-state index >= 15 is 0 Å². The molecule has 10 nitrogen and oxygen atoms in total. The number of carbonyl (C=O) groups is 4. The molecule has 1 N–H and O–H groups in total. The predicted octanol–water partition coefficient (Wildman–Crippen LogP) is 3.24. The van der Waals surface area contributed by atoms with Gasteiger partial charge in [0.25, 0.3) is 11.8 Å². The van der Waals surface area contributed by atoms with Crippen LogP contribution in [0.15, 0.2) is 42.6 Å². The van der Waals surface area contributed by atoms with Crippen molar-refractivity contribution < 1.29 is 23.9 Å². The lowest BCUT2D eigenvalue weighted by Crippen LogP contribution is -2.39. The summed E-state index contributed by atoms with van der Waals surface area (Å²) in [6, 6.07) is 9.68. The summed E-state index contributed by atoms with van der Waals surface area (Å²) in [5, 5.41) is 8.54. The van der Waals surface area contributed by atoms with Crippen molar-refractivity contribution in [1.29, 1.82) is 0 Å². The number of esters is 1. The minimum atomic E-state index is -0.889. The number of piperidine rings is 1. The highest BCUT2D eigenvalue weighted by Crippen LogP contribution is 2.28. The molecule has 2 aliphatic heterocycles. The molecule has 1 aromatic heterocycles. The van der Waals surface area contributed by atoms with Crippen molar-refractivity contribution in [2.45, 2.75) is 45.7 Å². The van der Waals surface area contributed by atoms with Crippen LogP contribution >= 0.6 is 0 Å². The van der Waals surface area contributed by atoms with Crippen LogP contribution in [-0.2, 0) is 14.3 Å². The van der Waals surface area contributed by atoms with Crippen LogP contribution in [-0.4, -0.2) is 63.2 Å². The van der Waals surface area contributed by atoms with Gasteiger partial charge >= 0.3 is 12.0 Å². The van der Waals surface area contributed by atoms with Crippen LogP contribution in [0.5, 0.6) is 0 Å². The number of nitrogens with zero attached hydrogens (tertiary/aromatic N) is 4. The Labute approximate surface area is 214 Å². The average Bonchev–Trinajstić information content (AvgIpc) is 3.43. The van der Waals surface area contributed by atoms with Crippen molar-refractivity contribution in [3.63, 3.8) is 0 Å². The molecule has 0 spiro atoms. The van der Waals surface area contributed by atoms with Crippen molar-refractivity contribution in [3.8, 4) is 0 Å². The Balaban J connectivity index is 1.21. The first-order valence-electron chi connectivity index (χ1n) is 12.3. The first-order chi connectivity index (χ1) is 17.7. The van der Waals surface area contributed by atoms with Crippen LogP contribution in [0.3, 0.4) is 0 Å². The summed E-state index contributed by atoms with van der Waals surface area (Å²) in [4.78, 5) is 51.5. The monoisotopic (exact) mass is 503 g/mol. The van der Waals surface area contributed by atoms with E-state index in [1.165, 1.54) is 18.1 Å². The summed E-state index contributed by atoms with van der Waals surface area (Å²) in [5.41, 5.74) is 4.48. The lowest BCUT2D eigenvalue weighted by Gasteiger charge is -2.32. The van der Waals surface area contributed by atoms with E-state index in [-0.39, 0.29) is 11.9 Å². The Kier molecular flexibility index (Phi) is 6.41. The number of urea groups is 1. The molecule has 3 heterocycles. The minimum Gasteiger partial charge on any atom is -0.444 e. The largest absolute Gasteiger partial charge is 0.444 e. The second-order valence-corrected chi connectivity index (χ2v) is 9.69. The fourth-order valence-corrected chi connectivity index (χ4v) is 5.06. The third-order valence-corrected chi connectivity index (χ3v) is 7.00. The molecule has 4 amide bonds. The first-order valence-corrected chi connectivity index (χ1v) is 12.3. The van der Waals surface area contributed by atoms with E-state index in [1.807, 2.05) is 9.58 Å². The van der Waals surface area contributed by atoms with E-state index in [2.05, 4.69) is 37.5 Å². The lowest BCUT2D eigenvalue weighted by molar-refractivity contribution is -0.147. The van der Waals surface area contributed by atoms with E-state index in [0.29, 0.717) is 24.2 Å². The number of ether oxygens (including phenoxy) is 1. The highest BCUT2D eigenvalue weighted by atomic mass is 16.5. The molecule has 2 fully saturated rings. The molecule has 0 saturated carbocycles. The summed E-state index contributed by atoms with van der Waals surface area (Å²) in [7, 11) is 0. The number of hydrogen-bond acceptors (Lipinski definition) is 6. The van der Waals surface area contributed by atoms with Crippen LogP contribution in [0.2, 0.25) is 0 Å². The molecule has 2 aliphatic rings. The number of nitrogens with one attached hydrogen (secondary N) is 1. The van der Waals surface area contributed by atoms with E-state index < -0.39 is 30.7 Å². The number of fused-ring (bicyclic) bond motifs is 1. The maximum absolute atomic E-state index is 13.1. The summed E-state index contributed by atoms with van der Waals surface area (Å²) < 4.78 is 6.83. The molecule has 37 heavy (non-hydrogen) atoms. The van der Waals surface area contributed by atoms with E-state index in [1.54, 1.807) is 24.3 Å². The number of likely N-dealkylation sites (tertiary alicyclic amines) is 1. The molecule has 1 atom stereocenters. The molecule has 0 unspecified atom stereocenters. The number of aryl methyl sites for hydroxylation is 2. The third kappa shape index (κ3) is 4.78. The van der Waals surface area contributed by atoms with Crippen LogP contribution in [0.4, 0.5) is 4.79 Å². The third-order valence-electron chi connectivity index (χ3n) is 7.00. The maximum Gasteiger partial charge on any atom is 0.327 e. The summed E-state index contributed by atoms with van der Waals surface area (Å²) in [6.45, 7) is 6.19. The molecule has 10 heteroatoms. The van der Waals surface area contributed by atoms with E-state index in [0.717, 1.165) is 28.6 Å². The number of benzene rings is 2. The Hall–Kier alpha value is -4.21. The Morgan fingerprint density at radius 3 is 2.46 bits per heavy atom. The lowest BCUT2D eigenvalue weighted by atomic mass is 10.0. The summed E-state index contributed by atoms with van der Waals surface area (Å²) in [5.74, 6) is -1.16. The molecule has 0 aliphatic carbocycles. The number of amides is 4. The van der Waals surface area contributed by atoms with Gasteiger partial charge in [0.05, 0.1) is 11.6 Å². The van der Waals surface area contributed by atoms with Crippen molar-refractivity contribution in [2.24, 2.45) is 0 Å². The van der Waals surface area contributed by atoms with E-state index in [9.17, 15) is 19.2 Å². The van der Waals surface area contributed by atoms with Crippen LogP contribution in [0.25, 0.3) is 10.9 Å². The van der Waals surface area contributed by atoms with Gasteiger partial charge in [-0.2, -0.15) is 5.10 Å². The topological polar surface area (TPSA) is 114 Å². The predicted molar refractivity (Wildman–Crippen MR) is 135 cm³/mol. The Morgan fingerprint density at radius 2 is 1.78 bits per heavy atom. The molecular weight excluding hydrogens is 474 g/mol. The molecule has 5 rings (SSSR count). The van der Waals surface area contributed by atoms with Crippen molar-refractivity contribution >= 4 is 34.7 Å². The zero-order chi connectivity index (χ0) is 26.3. The normalized spacial score (nSPS) is 18.4. The number of rotatable bonds is 5. The highest BCUT2D eigenvalue weighted by Gasteiger charge is 2.39. The molecule has 3 aromatic rings. The van der Waals surface area contributed by atoms with Crippen LogP contribution in [0, 0.1) is 13.8 Å². The van der Waals surface area contributed by atoms with Crippen molar-refractivity contribution in [1.82, 2.24) is 24.9 Å². The maximum atomic E-state index is 13.1. The number of aromatic nitrogens is 2. The fourth-order valence-electron chi connectivity index (χ4n) is 5.06. The minimum absolute atomic E-state index is 0.0691. The van der Waals surface area contributed by atoms with Gasteiger partial charge < -0.3 is 15.0 Å². The van der Waals surface area contributed by atoms with Gasteiger partial charge in [-0.15, -0.1) is 0 Å². The summed E-state index contributed by atoms with van der Waals surface area (Å²) in [6.07, 6.45) is 3.74. The van der Waals surface area contributed by atoms with Gasteiger partial charge in [0.1, 0.15) is 6.04 Å². The van der Waals surface area contributed by atoms with Crippen LogP contribution < -0.4 is 5.32 Å². The van der Waals surface area contributed by atoms with E-state index in [4.69, 9.17) is 9.84 Å². The molecule has 0 radical (unpaired) electrons. The molecule has 2 aromatic carbocycles. The van der Waals surface area contributed by atoms with Gasteiger partial charge in [-0.05, 0) is 56.0 Å². The highest BCUT2D eigenvalue weighted by molar-refractivity contribution is 6.04. The molecule has 192 valence electrons. The van der Waals surface area contributed by atoms with Crippen molar-refractivity contribution in [2.75, 3.05) is 19.8 Å². The van der Waals surface area contributed by atoms with Crippen molar-refractivity contribution in [3.05, 3.63) is 64.8 Å². The second kappa shape index (κ2) is 9.68. The van der Waals surface area contributed by atoms with Gasteiger partial charge in [0, 0.05) is 37.2 Å². The Morgan fingerprint density at radius 1 is 1.08 bits per heavy atom. The standard InChI is InChI=1S/C27H29N5O5/c1-16-12-17(2)23-21(13-16)14-32(29-23)22-8-10-30(11-9-22)25(34)20-6-4-19(5-7-20)24-26(35)31(27(36)28-24)15-37-18(3)33/h4-7,12-14,22,24H,8-11,15H2,1-3H3,(H,28,36)/t24-/m1/s1. The van der Waals surface area contributed by atoms with Gasteiger partial charge in [-0.3, -0.25) is 19.1 Å². The Bertz CT molecular complexity index is 1390. The number of imide groups is 1. The summed E-state index contributed by atoms with van der Waals surface area (Å²) >= 11 is 0. The quantitative estimate of drug-likeness (QED) is 0.422. The van der Waals surface area contributed by atoms with Gasteiger partial charge in [0.15, 0.2) is 6.73 Å². The molecular formula is C27H29N5O5. The second-order valence-electron chi connectivity index (χ2n) is 9.69. The molecule has 0 bridgehead atoms. The smallest absolute Gasteiger partial charge is 0.327 e. The zero-order valence-electron chi connectivity index (χ0n) is 21.1. The SMILES string of the molecule is CC(=O)OCN1C(=O)N[C@H](c2ccc(C(=O)N3CCC(n4cc5cc(C)cc(C)c5n4)CC3)cc2)C1=O. The fraction of sp³-hybridized carbons (Fsp3) is 0.370. The molecule has 2 saturated heterocycles. The first kappa shape index (κ1) is 24.5. The average molecular weight is 504 g/mol. The van der Waals surface area contributed by atoms with Gasteiger partial charge in [-0.1, -0.05) is 23.8 Å². The zero-order valence-corrected chi connectivity index (χ0v) is 21.1. The van der Waals surface area contributed by atoms with Gasteiger partial charge in [-0.25, -0.2) is 9.69 Å². The number of hydrogen-bond donors (Lipinski definition) is 1.